The molecular weight excluding hydrogens is 390 g/mol. The molecule has 1 N–H and O–H groups in total. The molecule has 2 heterocycles. The zero-order valence-corrected chi connectivity index (χ0v) is 17.7. The van der Waals surface area contributed by atoms with Gasteiger partial charge in [-0.3, -0.25) is 9.59 Å². The van der Waals surface area contributed by atoms with Gasteiger partial charge >= 0.3 is 0 Å². The molecule has 0 radical (unpaired) electrons. The fourth-order valence-corrected chi connectivity index (χ4v) is 5.89. The van der Waals surface area contributed by atoms with Crippen LogP contribution in [-0.4, -0.2) is 33.1 Å². The van der Waals surface area contributed by atoms with E-state index in [0.717, 1.165) is 35.0 Å². The van der Waals surface area contributed by atoms with Gasteiger partial charge in [0.25, 0.3) is 5.56 Å². The van der Waals surface area contributed by atoms with Gasteiger partial charge in [0.05, 0.1) is 10.6 Å². The highest BCUT2D eigenvalue weighted by atomic mass is 32.2. The molecule has 0 saturated heterocycles. The third-order valence-electron chi connectivity index (χ3n) is 5.08. The molecule has 0 saturated carbocycles. The van der Waals surface area contributed by atoms with Gasteiger partial charge in [0.2, 0.25) is 5.91 Å². The Bertz CT molecular complexity index is 1060. The molecule has 146 valence electrons. The summed E-state index contributed by atoms with van der Waals surface area (Å²) in [6.07, 6.45) is 4.32. The van der Waals surface area contributed by atoms with Gasteiger partial charge in [-0.1, -0.05) is 42.1 Å². The molecule has 0 aliphatic heterocycles. The summed E-state index contributed by atoms with van der Waals surface area (Å²) in [6, 6.07) is 9.91. The summed E-state index contributed by atoms with van der Waals surface area (Å²) < 4.78 is 0. The van der Waals surface area contributed by atoms with Crippen LogP contribution in [0.4, 0.5) is 0 Å². The third kappa shape index (κ3) is 3.86. The smallest absolute Gasteiger partial charge is 0.260 e. The lowest BCUT2D eigenvalue weighted by molar-refractivity contribution is -0.129. The average molecular weight is 414 g/mol. The maximum absolute atomic E-state index is 12.7. The Labute approximate surface area is 172 Å². The number of hydrogen-bond acceptors (Lipinski definition) is 5. The molecule has 0 bridgehead atoms. The third-order valence-corrected chi connectivity index (χ3v) is 7.24. The number of thioether (sulfide) groups is 1. The summed E-state index contributed by atoms with van der Waals surface area (Å²) in [5.74, 6) is 0.0158. The second-order valence-corrected chi connectivity index (χ2v) is 9.62. The molecule has 0 spiro atoms. The van der Waals surface area contributed by atoms with E-state index in [9.17, 15) is 9.59 Å². The Morgan fingerprint density at radius 2 is 2.04 bits per heavy atom. The minimum absolute atomic E-state index is 0.0158. The van der Waals surface area contributed by atoms with Gasteiger partial charge in [-0.25, -0.2) is 4.98 Å². The lowest BCUT2D eigenvalue weighted by atomic mass is 9.97. The van der Waals surface area contributed by atoms with Crippen LogP contribution < -0.4 is 5.56 Å². The standard InChI is InChI=1S/C21H23N3O2S2/c1-13(20(26)24(2)12-14-8-4-3-5-9-14)27-21-22-18(25)17-15-10-6-7-11-16(15)28-19(17)23-21/h3-5,8-9,13H,6-7,10-12H2,1-2H3,(H,22,23,25)/t13-/m0/s1. The van der Waals surface area contributed by atoms with Gasteiger partial charge in [0.1, 0.15) is 4.83 Å². The van der Waals surface area contributed by atoms with Crippen LogP contribution in [0.15, 0.2) is 40.3 Å². The van der Waals surface area contributed by atoms with Crippen molar-refractivity contribution in [1.29, 1.82) is 0 Å². The van der Waals surface area contributed by atoms with Crippen LogP contribution in [0, 0.1) is 0 Å². The molecular formula is C21H23N3O2S2. The highest BCUT2D eigenvalue weighted by Gasteiger charge is 2.23. The predicted octanol–water partition coefficient (Wildman–Crippen LogP) is 4.00. The maximum Gasteiger partial charge on any atom is 0.260 e. The zero-order chi connectivity index (χ0) is 19.7. The number of benzene rings is 1. The predicted molar refractivity (Wildman–Crippen MR) is 115 cm³/mol. The topological polar surface area (TPSA) is 66.1 Å². The molecule has 2 aromatic heterocycles. The number of carbonyl (C=O) groups is 1. The fraction of sp³-hybridized carbons (Fsp3) is 0.381. The molecule has 7 heteroatoms. The van der Waals surface area contributed by atoms with Crippen LogP contribution in [0.2, 0.25) is 0 Å². The number of H-pyrrole nitrogens is 1. The first kappa shape index (κ1) is 19.2. The van der Waals surface area contributed by atoms with Gasteiger partial charge in [0, 0.05) is 18.5 Å². The van der Waals surface area contributed by atoms with E-state index in [1.165, 1.54) is 28.6 Å². The summed E-state index contributed by atoms with van der Waals surface area (Å²) in [5.41, 5.74) is 2.19. The number of fused-ring (bicyclic) bond motifs is 3. The van der Waals surface area contributed by atoms with Gasteiger partial charge in [-0.2, -0.15) is 0 Å². The van der Waals surface area contributed by atoms with E-state index in [1.54, 1.807) is 23.3 Å². The first-order valence-corrected chi connectivity index (χ1v) is 11.2. The van der Waals surface area contributed by atoms with Crippen LogP contribution in [0.5, 0.6) is 0 Å². The Morgan fingerprint density at radius 3 is 2.82 bits per heavy atom. The Balaban J connectivity index is 1.51. The van der Waals surface area contributed by atoms with Crippen molar-refractivity contribution in [2.45, 2.75) is 49.6 Å². The Morgan fingerprint density at radius 1 is 1.29 bits per heavy atom. The number of rotatable bonds is 5. The van der Waals surface area contributed by atoms with Crippen LogP contribution in [-0.2, 0) is 24.2 Å². The quantitative estimate of drug-likeness (QED) is 0.507. The molecule has 1 aromatic carbocycles. The van der Waals surface area contributed by atoms with Crippen molar-refractivity contribution in [2.75, 3.05) is 7.05 Å². The molecule has 4 rings (SSSR count). The van der Waals surface area contributed by atoms with Crippen molar-refractivity contribution < 1.29 is 4.79 Å². The first-order valence-electron chi connectivity index (χ1n) is 9.53. The van der Waals surface area contributed by atoms with Gasteiger partial charge in [0.15, 0.2) is 5.16 Å². The van der Waals surface area contributed by atoms with Crippen LogP contribution in [0.25, 0.3) is 10.2 Å². The Hall–Kier alpha value is -2.12. The van der Waals surface area contributed by atoms with Gasteiger partial charge in [-0.05, 0) is 43.7 Å². The number of amides is 1. The summed E-state index contributed by atoms with van der Waals surface area (Å²) >= 11 is 2.95. The lowest BCUT2D eigenvalue weighted by Crippen LogP contribution is -2.33. The monoisotopic (exact) mass is 413 g/mol. The SMILES string of the molecule is C[C@H](Sc1nc2sc3c(c2c(=O)[nH]1)CCCC3)C(=O)N(C)Cc1ccccc1. The summed E-state index contributed by atoms with van der Waals surface area (Å²) in [6.45, 7) is 2.42. The van der Waals surface area contributed by atoms with E-state index in [-0.39, 0.29) is 16.7 Å². The summed E-state index contributed by atoms with van der Waals surface area (Å²) in [4.78, 5) is 36.8. The highest BCUT2D eigenvalue weighted by Crippen LogP contribution is 2.34. The van der Waals surface area contributed by atoms with Crippen molar-refractivity contribution >= 4 is 39.2 Å². The number of aryl methyl sites for hydroxylation is 2. The number of aromatic nitrogens is 2. The largest absolute Gasteiger partial charge is 0.340 e. The molecule has 28 heavy (non-hydrogen) atoms. The second-order valence-electron chi connectivity index (χ2n) is 7.20. The van der Waals surface area contributed by atoms with Crippen molar-refractivity contribution in [3.8, 4) is 0 Å². The van der Waals surface area contributed by atoms with E-state index in [4.69, 9.17) is 0 Å². The molecule has 1 aliphatic carbocycles. The summed E-state index contributed by atoms with van der Waals surface area (Å²) in [7, 11) is 1.80. The molecule has 0 fully saturated rings. The Kier molecular flexibility index (Phi) is 5.55. The van der Waals surface area contributed by atoms with E-state index in [2.05, 4.69) is 9.97 Å². The lowest BCUT2D eigenvalue weighted by Gasteiger charge is -2.21. The normalized spacial score (nSPS) is 14.6. The number of carbonyl (C=O) groups excluding carboxylic acids is 1. The van der Waals surface area contributed by atoms with Crippen molar-refractivity contribution in [1.82, 2.24) is 14.9 Å². The number of nitrogens with zero attached hydrogens (tertiary/aromatic N) is 2. The maximum atomic E-state index is 12.7. The summed E-state index contributed by atoms with van der Waals surface area (Å²) in [5, 5.41) is 0.943. The van der Waals surface area contributed by atoms with Gasteiger partial charge in [-0.15, -0.1) is 11.3 Å². The van der Waals surface area contributed by atoms with Gasteiger partial charge < -0.3 is 9.88 Å². The molecule has 5 nitrogen and oxygen atoms in total. The number of hydrogen-bond donors (Lipinski definition) is 1. The minimum atomic E-state index is -0.330. The van der Waals surface area contributed by atoms with E-state index < -0.39 is 0 Å². The molecule has 3 aromatic rings. The number of thiophene rings is 1. The molecule has 0 unspecified atom stereocenters. The van der Waals surface area contributed by atoms with Crippen LogP contribution in [0.3, 0.4) is 0 Å². The van der Waals surface area contributed by atoms with Crippen molar-refractivity contribution in [3.63, 3.8) is 0 Å². The first-order chi connectivity index (χ1) is 13.5. The molecule has 1 atom stereocenters. The van der Waals surface area contributed by atoms with Crippen LogP contribution in [0.1, 0.15) is 35.8 Å². The number of nitrogens with one attached hydrogen (secondary N) is 1. The van der Waals surface area contributed by atoms with E-state index in [1.807, 2.05) is 37.3 Å². The average Bonchev–Trinajstić information content (AvgIpc) is 3.06. The number of aromatic amines is 1. The van der Waals surface area contributed by atoms with Crippen LogP contribution >= 0.6 is 23.1 Å². The van der Waals surface area contributed by atoms with Crippen molar-refractivity contribution in [3.05, 3.63) is 56.7 Å². The van der Waals surface area contributed by atoms with E-state index >= 15 is 0 Å². The zero-order valence-electron chi connectivity index (χ0n) is 16.0. The fourth-order valence-electron chi connectivity index (χ4n) is 3.66. The van der Waals surface area contributed by atoms with Crippen molar-refractivity contribution in [2.24, 2.45) is 0 Å². The van der Waals surface area contributed by atoms with E-state index in [0.29, 0.717) is 11.7 Å². The molecule has 1 amide bonds. The molecule has 1 aliphatic rings. The second kappa shape index (κ2) is 8.09. The minimum Gasteiger partial charge on any atom is -0.340 e. The highest BCUT2D eigenvalue weighted by molar-refractivity contribution is 8.00.